The highest BCUT2D eigenvalue weighted by Crippen LogP contribution is 2.41. The molecule has 0 spiro atoms. The van der Waals surface area contributed by atoms with Crippen molar-refractivity contribution in [2.75, 3.05) is 6.73 Å². The summed E-state index contributed by atoms with van der Waals surface area (Å²) in [4.78, 5) is 30.6. The van der Waals surface area contributed by atoms with Crippen molar-refractivity contribution in [2.45, 2.75) is 13.5 Å². The van der Waals surface area contributed by atoms with Gasteiger partial charge in [0, 0.05) is 56.3 Å². The van der Waals surface area contributed by atoms with Crippen molar-refractivity contribution in [3.05, 3.63) is 70.5 Å². The Morgan fingerprint density at radius 2 is 1.73 bits per heavy atom. The normalized spacial score (nSPS) is 14.7. The number of imide groups is 1. The van der Waals surface area contributed by atoms with Gasteiger partial charge in [-0.15, -0.1) is 0 Å². The summed E-state index contributed by atoms with van der Waals surface area (Å²) in [7, 11) is 0. The van der Waals surface area contributed by atoms with Crippen molar-refractivity contribution in [3.63, 3.8) is 0 Å². The molecule has 30 heavy (non-hydrogen) atoms. The van der Waals surface area contributed by atoms with Crippen LogP contribution in [0.2, 0.25) is 0 Å². The highest BCUT2D eigenvalue weighted by molar-refractivity contribution is 9.10. The number of fused-ring (bicyclic) bond motifs is 2. The SMILES string of the molecule is CCn1cc(C2=C(c3c[nH]c4ccc(Br)cc34)C(=O)N(CO)C2=O)c2ccccc21. The van der Waals surface area contributed by atoms with Gasteiger partial charge in [0.2, 0.25) is 0 Å². The number of aromatic nitrogens is 2. The van der Waals surface area contributed by atoms with Gasteiger partial charge < -0.3 is 14.7 Å². The molecular weight excluding hydrogens is 446 g/mol. The number of nitrogens with one attached hydrogen (secondary N) is 1. The van der Waals surface area contributed by atoms with Crippen LogP contribution in [0.25, 0.3) is 33.0 Å². The van der Waals surface area contributed by atoms with Crippen molar-refractivity contribution in [1.29, 1.82) is 0 Å². The number of aliphatic hydroxyl groups excluding tert-OH is 1. The van der Waals surface area contributed by atoms with E-state index in [-0.39, 0.29) is 0 Å². The van der Waals surface area contributed by atoms with Crippen LogP contribution in [0.5, 0.6) is 0 Å². The fraction of sp³-hybridized carbons (Fsp3) is 0.130. The lowest BCUT2D eigenvalue weighted by Crippen LogP contribution is -2.32. The highest BCUT2D eigenvalue weighted by atomic mass is 79.9. The quantitative estimate of drug-likeness (QED) is 0.446. The third-order valence-electron chi connectivity index (χ3n) is 5.62. The molecule has 150 valence electrons. The topological polar surface area (TPSA) is 78.3 Å². The molecule has 1 aliphatic rings. The van der Waals surface area contributed by atoms with Crippen molar-refractivity contribution in [2.24, 2.45) is 0 Å². The Labute approximate surface area is 180 Å². The van der Waals surface area contributed by atoms with E-state index in [1.807, 2.05) is 55.6 Å². The predicted molar refractivity (Wildman–Crippen MR) is 119 cm³/mol. The number of aromatic amines is 1. The Morgan fingerprint density at radius 3 is 2.47 bits per heavy atom. The number of carbonyl (C=O) groups excluding carboxylic acids is 2. The number of H-pyrrole nitrogens is 1. The fourth-order valence-electron chi connectivity index (χ4n) is 4.21. The molecule has 0 saturated carbocycles. The minimum atomic E-state index is -0.664. The van der Waals surface area contributed by atoms with Crippen LogP contribution in [0, 0.1) is 0 Å². The third-order valence-corrected chi connectivity index (χ3v) is 6.11. The first-order chi connectivity index (χ1) is 14.5. The summed E-state index contributed by atoms with van der Waals surface area (Å²) in [5, 5.41) is 11.5. The van der Waals surface area contributed by atoms with Crippen LogP contribution in [0.1, 0.15) is 18.1 Å². The first kappa shape index (κ1) is 18.8. The maximum atomic E-state index is 13.3. The number of nitrogens with zero attached hydrogens (tertiary/aromatic N) is 2. The smallest absolute Gasteiger partial charge is 0.264 e. The molecule has 2 aromatic heterocycles. The van der Waals surface area contributed by atoms with E-state index in [0.717, 1.165) is 37.7 Å². The van der Waals surface area contributed by atoms with Crippen LogP contribution in [-0.2, 0) is 16.1 Å². The van der Waals surface area contributed by atoms with Gasteiger partial charge in [0.05, 0.1) is 11.1 Å². The van der Waals surface area contributed by atoms with Gasteiger partial charge in [-0.3, -0.25) is 14.5 Å². The maximum absolute atomic E-state index is 13.3. The molecule has 6 nitrogen and oxygen atoms in total. The predicted octanol–water partition coefficient (Wildman–Crippen LogP) is 4.13. The first-order valence-corrected chi connectivity index (χ1v) is 10.4. The molecule has 0 radical (unpaired) electrons. The number of para-hydroxylation sites is 1. The number of aryl methyl sites for hydroxylation is 1. The van der Waals surface area contributed by atoms with E-state index in [2.05, 4.69) is 25.5 Å². The third kappa shape index (κ3) is 2.59. The Bertz CT molecular complexity index is 1380. The number of amides is 2. The van der Waals surface area contributed by atoms with Crippen LogP contribution >= 0.6 is 15.9 Å². The molecule has 3 heterocycles. The second-order valence-electron chi connectivity index (χ2n) is 7.17. The molecule has 7 heteroatoms. The lowest BCUT2D eigenvalue weighted by Gasteiger charge is -2.10. The second kappa shape index (κ2) is 6.97. The molecule has 0 unspecified atom stereocenters. The van der Waals surface area contributed by atoms with Gasteiger partial charge in [0.15, 0.2) is 0 Å². The molecule has 0 saturated heterocycles. The molecule has 4 aromatic rings. The van der Waals surface area contributed by atoms with Gasteiger partial charge in [0.25, 0.3) is 11.8 Å². The van der Waals surface area contributed by atoms with Crippen LogP contribution < -0.4 is 0 Å². The maximum Gasteiger partial charge on any atom is 0.264 e. The van der Waals surface area contributed by atoms with E-state index < -0.39 is 18.5 Å². The number of aliphatic hydroxyl groups is 1. The number of carbonyl (C=O) groups is 2. The summed E-state index contributed by atoms with van der Waals surface area (Å²) in [6, 6.07) is 13.6. The monoisotopic (exact) mass is 463 g/mol. The van der Waals surface area contributed by atoms with Crippen LogP contribution in [0.3, 0.4) is 0 Å². The molecule has 0 fully saturated rings. The minimum Gasteiger partial charge on any atom is -0.376 e. The Morgan fingerprint density at radius 1 is 1.00 bits per heavy atom. The van der Waals surface area contributed by atoms with E-state index in [1.54, 1.807) is 6.20 Å². The standard InChI is InChI=1S/C23H18BrN3O3/c1-2-26-11-17(14-5-3-4-6-19(14)26)21-20(22(29)27(12-28)23(21)30)16-10-25-18-8-7-13(24)9-15(16)18/h3-11,25,28H,2,12H2,1H3. The van der Waals surface area contributed by atoms with Crippen LogP contribution in [0.15, 0.2) is 59.3 Å². The van der Waals surface area contributed by atoms with E-state index in [0.29, 0.717) is 22.3 Å². The summed E-state index contributed by atoms with van der Waals surface area (Å²) < 4.78 is 2.93. The Balaban J connectivity index is 1.87. The number of halogens is 1. The summed E-state index contributed by atoms with van der Waals surface area (Å²) in [5.74, 6) is -0.979. The number of rotatable bonds is 4. The summed E-state index contributed by atoms with van der Waals surface area (Å²) in [6.07, 6.45) is 3.66. The zero-order valence-corrected chi connectivity index (χ0v) is 17.7. The van der Waals surface area contributed by atoms with Crippen molar-refractivity contribution < 1.29 is 14.7 Å². The average Bonchev–Trinajstić information content (AvgIpc) is 3.39. The molecule has 2 amide bonds. The molecule has 5 rings (SSSR count). The lowest BCUT2D eigenvalue weighted by atomic mass is 9.95. The molecule has 2 aromatic carbocycles. The largest absolute Gasteiger partial charge is 0.376 e. The van der Waals surface area contributed by atoms with E-state index >= 15 is 0 Å². The molecule has 0 atom stereocenters. The van der Waals surface area contributed by atoms with Gasteiger partial charge in [-0.2, -0.15) is 0 Å². The van der Waals surface area contributed by atoms with Crippen molar-refractivity contribution in [1.82, 2.24) is 14.5 Å². The molecular formula is C23H18BrN3O3. The number of hydrogen-bond donors (Lipinski definition) is 2. The van der Waals surface area contributed by atoms with E-state index in [9.17, 15) is 14.7 Å². The molecule has 2 N–H and O–H groups in total. The first-order valence-electron chi connectivity index (χ1n) is 9.61. The second-order valence-corrected chi connectivity index (χ2v) is 8.08. The van der Waals surface area contributed by atoms with Gasteiger partial charge >= 0.3 is 0 Å². The Kier molecular flexibility index (Phi) is 4.38. The average molecular weight is 464 g/mol. The Hall–Kier alpha value is -3.16. The van der Waals surface area contributed by atoms with Crippen molar-refractivity contribution >= 4 is 60.7 Å². The molecule has 0 bridgehead atoms. The molecule has 0 aliphatic carbocycles. The summed E-state index contributed by atoms with van der Waals surface area (Å²) in [5.41, 5.74) is 3.81. The molecule has 1 aliphatic heterocycles. The summed E-state index contributed by atoms with van der Waals surface area (Å²) >= 11 is 3.48. The highest BCUT2D eigenvalue weighted by Gasteiger charge is 2.41. The van der Waals surface area contributed by atoms with Gasteiger partial charge in [0.1, 0.15) is 6.73 Å². The van der Waals surface area contributed by atoms with Gasteiger partial charge in [-0.25, -0.2) is 0 Å². The fourth-order valence-corrected chi connectivity index (χ4v) is 4.57. The number of benzene rings is 2. The van der Waals surface area contributed by atoms with Gasteiger partial charge in [-0.05, 0) is 31.2 Å². The zero-order valence-electron chi connectivity index (χ0n) is 16.1. The van der Waals surface area contributed by atoms with Gasteiger partial charge in [-0.1, -0.05) is 34.1 Å². The van der Waals surface area contributed by atoms with Crippen LogP contribution in [0.4, 0.5) is 0 Å². The lowest BCUT2D eigenvalue weighted by molar-refractivity contribution is -0.139. The number of hydrogen-bond acceptors (Lipinski definition) is 3. The van der Waals surface area contributed by atoms with E-state index in [1.165, 1.54) is 0 Å². The summed E-state index contributed by atoms with van der Waals surface area (Å²) in [6.45, 7) is 2.10. The van der Waals surface area contributed by atoms with E-state index in [4.69, 9.17) is 0 Å². The van der Waals surface area contributed by atoms with Crippen LogP contribution in [-0.4, -0.2) is 38.1 Å². The van der Waals surface area contributed by atoms with Crippen molar-refractivity contribution in [3.8, 4) is 0 Å². The zero-order chi connectivity index (χ0) is 21.0. The minimum absolute atomic E-state index is 0.303.